The fraction of sp³-hybridized carbons (Fsp3) is 0.909. The minimum Gasteiger partial charge on any atom is -0.547 e. The number of carbonyl (C=O) groups excluding carboxylic acids is 4. The van der Waals surface area contributed by atoms with E-state index in [-0.39, 0.29) is 51.9 Å². The Morgan fingerprint density at radius 2 is 0.368 bits per heavy atom. The third-order valence-corrected chi connectivity index (χ3v) is 15.0. The zero-order valence-electron chi connectivity index (χ0n) is 38.9. The molecule has 0 aromatic rings. The predicted octanol–water partition coefficient (Wildman–Crippen LogP) is 4.37. The number of carboxylic acid groups (broad SMARTS) is 4. The van der Waals surface area contributed by atoms with Crippen LogP contribution in [0.5, 0.6) is 0 Å². The normalized spacial score (nSPS) is 16.1. The molecule has 0 saturated heterocycles. The monoisotopic (exact) mass is 895 g/mol. The van der Waals surface area contributed by atoms with Crippen molar-refractivity contribution in [3.05, 3.63) is 0 Å². The van der Waals surface area contributed by atoms with Gasteiger partial charge in [0.2, 0.25) is 0 Å². The van der Waals surface area contributed by atoms with E-state index in [1.165, 1.54) is 0 Å². The maximum absolute atomic E-state index is 11.0. The molecule has 13 heteroatoms. The molecule has 0 bridgehead atoms. The van der Waals surface area contributed by atoms with Crippen LogP contribution >= 0.6 is 0 Å². The van der Waals surface area contributed by atoms with E-state index in [0.29, 0.717) is 77.0 Å². The predicted molar refractivity (Wildman–Crippen MR) is 214 cm³/mol. The van der Waals surface area contributed by atoms with Crippen LogP contribution in [0.4, 0.5) is 0 Å². The van der Waals surface area contributed by atoms with Crippen molar-refractivity contribution in [1.29, 1.82) is 0 Å². The number of carbonyl (C=O) groups is 4. The van der Waals surface area contributed by atoms with Crippen molar-refractivity contribution >= 4 is 23.9 Å². The van der Waals surface area contributed by atoms with E-state index in [1.807, 2.05) is 83.1 Å². The second-order valence-electron chi connectivity index (χ2n) is 15.4. The van der Waals surface area contributed by atoms with Crippen LogP contribution in [0.25, 0.3) is 0 Å². The molecule has 4 N–H and O–H groups in total. The van der Waals surface area contributed by atoms with Crippen LogP contribution in [0.15, 0.2) is 0 Å². The third-order valence-electron chi connectivity index (χ3n) is 15.0. The topological polar surface area (TPSA) is 241 Å². The number of hydrogen-bond acceptors (Lipinski definition) is 12. The van der Waals surface area contributed by atoms with Crippen molar-refractivity contribution in [1.82, 2.24) is 0 Å². The Balaban J connectivity index is -0.000000210. The average Bonchev–Trinajstić information content (AvgIpc) is 3.20. The van der Waals surface area contributed by atoms with Gasteiger partial charge in [-0.3, -0.25) is 0 Å². The Morgan fingerprint density at radius 1 is 0.281 bits per heavy atom. The van der Waals surface area contributed by atoms with Crippen LogP contribution < -0.4 is 20.4 Å². The van der Waals surface area contributed by atoms with Crippen molar-refractivity contribution in [2.45, 2.75) is 236 Å². The summed E-state index contributed by atoms with van der Waals surface area (Å²) in [5, 5.41) is 84.6. The zero-order valence-corrected chi connectivity index (χ0v) is 41.3. The van der Waals surface area contributed by atoms with E-state index in [2.05, 4.69) is 0 Å². The Hall–Kier alpha value is -1.40. The first-order chi connectivity index (χ1) is 25.7. The molecule has 0 saturated carbocycles. The molecular formula is C44H84O12Zr. The van der Waals surface area contributed by atoms with Gasteiger partial charge < -0.3 is 60.0 Å². The summed E-state index contributed by atoms with van der Waals surface area (Å²) in [4.78, 5) is 44.1. The Labute approximate surface area is 366 Å². The summed E-state index contributed by atoms with van der Waals surface area (Å²) < 4.78 is 0. The van der Waals surface area contributed by atoms with Gasteiger partial charge in [0.05, 0.1) is 23.9 Å². The molecule has 336 valence electrons. The molecule has 0 aromatic carbocycles. The summed E-state index contributed by atoms with van der Waals surface area (Å²) in [5.74, 6) is -5.37. The third kappa shape index (κ3) is 13.3. The van der Waals surface area contributed by atoms with Gasteiger partial charge in [-0.15, -0.1) is 0 Å². The quantitative estimate of drug-likeness (QED) is 0.106. The number of hydrogen-bond donors (Lipinski definition) is 4. The fourth-order valence-electron chi connectivity index (χ4n) is 9.45. The van der Waals surface area contributed by atoms with Crippen molar-refractivity contribution in [3.8, 4) is 0 Å². The Kier molecular flexibility index (Phi) is 32.0. The van der Waals surface area contributed by atoms with Gasteiger partial charge in [0.25, 0.3) is 0 Å². The summed E-state index contributed by atoms with van der Waals surface area (Å²) in [7, 11) is 0. The molecule has 0 amide bonds. The van der Waals surface area contributed by atoms with Gasteiger partial charge in [0, 0.05) is 21.7 Å². The van der Waals surface area contributed by atoms with Gasteiger partial charge in [-0.2, -0.15) is 0 Å². The zero-order chi connectivity index (χ0) is 45.6. The van der Waals surface area contributed by atoms with E-state index in [0.717, 1.165) is 0 Å². The standard InChI is InChI=1S/4C11H22O3.Zr/c4*1-5-10(6-2,7-3)11(14,8-4)9(12)13;/h4*14H,5-8H2,1-4H3,(H,12,13);/q;;;;+4/p-4. The van der Waals surface area contributed by atoms with Crippen LogP contribution in [-0.4, -0.2) is 66.7 Å². The summed E-state index contributed by atoms with van der Waals surface area (Å²) in [6.07, 6.45) is 8.61. The molecular weight excluding hydrogens is 812 g/mol. The largest absolute Gasteiger partial charge is 4.00 e. The molecule has 0 spiro atoms. The van der Waals surface area contributed by atoms with Crippen molar-refractivity contribution < 1.29 is 86.2 Å². The van der Waals surface area contributed by atoms with Gasteiger partial charge in [0.15, 0.2) is 0 Å². The number of rotatable bonds is 24. The van der Waals surface area contributed by atoms with Gasteiger partial charge in [-0.05, 0) is 103 Å². The molecule has 12 nitrogen and oxygen atoms in total. The van der Waals surface area contributed by atoms with Crippen LogP contribution in [0.1, 0.15) is 214 Å². The van der Waals surface area contributed by atoms with E-state index in [4.69, 9.17) is 0 Å². The molecule has 0 aliphatic rings. The summed E-state index contributed by atoms with van der Waals surface area (Å²) >= 11 is 0. The summed E-state index contributed by atoms with van der Waals surface area (Å²) in [6, 6.07) is 0. The number of aliphatic hydroxyl groups is 4. The van der Waals surface area contributed by atoms with Crippen LogP contribution in [-0.2, 0) is 45.4 Å². The molecule has 0 heterocycles. The van der Waals surface area contributed by atoms with Crippen LogP contribution in [0.2, 0.25) is 0 Å². The Morgan fingerprint density at radius 3 is 0.386 bits per heavy atom. The first-order valence-corrected chi connectivity index (χ1v) is 21.5. The van der Waals surface area contributed by atoms with Gasteiger partial charge in [-0.25, -0.2) is 0 Å². The van der Waals surface area contributed by atoms with E-state index in [9.17, 15) is 60.0 Å². The van der Waals surface area contributed by atoms with Gasteiger partial charge in [0.1, 0.15) is 22.4 Å². The minimum atomic E-state index is -1.69. The molecule has 4 unspecified atom stereocenters. The van der Waals surface area contributed by atoms with E-state index < -0.39 is 67.9 Å². The smallest absolute Gasteiger partial charge is 0.547 e. The molecule has 4 atom stereocenters. The number of carboxylic acids is 4. The first kappa shape index (κ1) is 64.7. The molecule has 57 heavy (non-hydrogen) atoms. The average molecular weight is 896 g/mol. The molecule has 0 radical (unpaired) electrons. The summed E-state index contributed by atoms with van der Waals surface area (Å²) in [5.41, 5.74) is -8.98. The van der Waals surface area contributed by atoms with Crippen molar-refractivity contribution in [2.24, 2.45) is 21.7 Å². The Bertz CT molecular complexity index is 937. The molecule has 0 aromatic heterocycles. The van der Waals surface area contributed by atoms with E-state index in [1.54, 1.807) is 27.7 Å². The second kappa shape index (κ2) is 28.2. The second-order valence-corrected chi connectivity index (χ2v) is 15.4. The van der Waals surface area contributed by atoms with E-state index >= 15 is 0 Å². The molecule has 0 aliphatic carbocycles. The van der Waals surface area contributed by atoms with Gasteiger partial charge in [-0.1, -0.05) is 111 Å². The minimum absolute atomic E-state index is 0. The van der Waals surface area contributed by atoms with Crippen LogP contribution in [0.3, 0.4) is 0 Å². The summed E-state index contributed by atoms with van der Waals surface area (Å²) in [6.45, 7) is 29.7. The van der Waals surface area contributed by atoms with Crippen molar-refractivity contribution in [3.63, 3.8) is 0 Å². The van der Waals surface area contributed by atoms with Crippen LogP contribution in [0, 0.1) is 21.7 Å². The molecule has 0 aliphatic heterocycles. The maximum Gasteiger partial charge on any atom is 4.00 e. The molecule has 0 fully saturated rings. The SMILES string of the molecule is CCC(CC)(CC)C(O)(CC)C(=O)[O-].CCC(CC)(CC)C(O)(CC)C(=O)[O-].CCC(CC)(CC)C(O)(CC)C(=O)[O-].CCC(CC)(CC)C(O)(CC)C(=O)[O-].[Zr+4]. The van der Waals surface area contributed by atoms with Crippen molar-refractivity contribution in [2.75, 3.05) is 0 Å². The number of aliphatic carboxylic acids is 4. The van der Waals surface area contributed by atoms with Gasteiger partial charge >= 0.3 is 26.2 Å². The first-order valence-electron chi connectivity index (χ1n) is 21.5. The fourth-order valence-corrected chi connectivity index (χ4v) is 9.45. The molecule has 0 rings (SSSR count). The maximum atomic E-state index is 11.0.